The summed E-state index contributed by atoms with van der Waals surface area (Å²) in [5.74, 6) is 0.00429. The summed E-state index contributed by atoms with van der Waals surface area (Å²) < 4.78 is 3.19. The van der Waals surface area contributed by atoms with E-state index in [1.54, 1.807) is 24.7 Å². The Labute approximate surface area is 170 Å². The minimum absolute atomic E-state index is 0.203. The Morgan fingerprint density at radius 2 is 1.96 bits per heavy atom. The lowest BCUT2D eigenvalue weighted by molar-refractivity contribution is -0.118. The molecule has 0 saturated carbocycles. The lowest BCUT2D eigenvalue weighted by Gasteiger charge is -2.09. The maximum atomic E-state index is 11.9. The molecule has 0 aliphatic carbocycles. The van der Waals surface area contributed by atoms with E-state index >= 15 is 0 Å². The highest BCUT2D eigenvalue weighted by Gasteiger charge is 2.09. The minimum atomic E-state index is -0.203. The first-order chi connectivity index (χ1) is 13.0. The summed E-state index contributed by atoms with van der Waals surface area (Å²) >= 11 is 4.72. The largest absolute Gasteiger partial charge is 0.318 e. The number of thioether (sulfide) groups is 1. The number of amides is 1. The van der Waals surface area contributed by atoms with Crippen molar-refractivity contribution in [2.45, 2.75) is 19.0 Å². The summed E-state index contributed by atoms with van der Waals surface area (Å²) in [4.78, 5) is 20.0. The van der Waals surface area contributed by atoms with Crippen molar-refractivity contribution >= 4 is 39.8 Å². The molecule has 27 heavy (non-hydrogen) atoms. The number of halogens is 1. The Morgan fingerprint density at radius 1 is 1.26 bits per heavy atom. The smallest absolute Gasteiger partial charge is 0.250 e. The highest BCUT2D eigenvalue weighted by Crippen LogP contribution is 2.21. The molecule has 6 nitrogen and oxygen atoms in total. The first-order valence-corrected chi connectivity index (χ1v) is 9.99. The van der Waals surface area contributed by atoms with Crippen molar-refractivity contribution in [3.63, 3.8) is 0 Å². The number of nitrogens with one attached hydrogen (secondary N) is 1. The minimum Gasteiger partial charge on any atom is -0.318 e. The van der Waals surface area contributed by atoms with Crippen molar-refractivity contribution in [3.05, 3.63) is 70.2 Å². The molecule has 0 aliphatic heterocycles. The molecule has 1 aromatic carbocycles. The van der Waals surface area contributed by atoms with Crippen LogP contribution >= 0.6 is 27.7 Å². The Kier molecular flexibility index (Phi) is 6.41. The van der Waals surface area contributed by atoms with E-state index in [-0.39, 0.29) is 11.7 Å². The van der Waals surface area contributed by atoms with Crippen LogP contribution in [0.25, 0.3) is 5.69 Å². The van der Waals surface area contributed by atoms with Gasteiger partial charge >= 0.3 is 0 Å². The van der Waals surface area contributed by atoms with Crippen LogP contribution < -0.4 is 5.43 Å². The van der Waals surface area contributed by atoms with E-state index in [2.05, 4.69) is 53.1 Å². The Morgan fingerprint density at radius 3 is 2.67 bits per heavy atom. The first kappa shape index (κ1) is 19.3. The third-order valence-corrected chi connectivity index (χ3v) is 5.23. The second-order valence-corrected chi connectivity index (χ2v) is 7.61. The van der Waals surface area contributed by atoms with Crippen molar-refractivity contribution in [2.24, 2.45) is 5.10 Å². The summed E-state index contributed by atoms with van der Waals surface area (Å²) in [6.07, 6.45) is 4.96. The monoisotopic (exact) mass is 443 g/mol. The zero-order chi connectivity index (χ0) is 19.2. The lowest BCUT2D eigenvalue weighted by atomic mass is 10.2. The summed E-state index contributed by atoms with van der Waals surface area (Å²) in [6, 6.07) is 11.9. The van der Waals surface area contributed by atoms with Gasteiger partial charge in [0.2, 0.25) is 0 Å². The van der Waals surface area contributed by atoms with Gasteiger partial charge < -0.3 is 4.57 Å². The van der Waals surface area contributed by atoms with E-state index in [4.69, 9.17) is 0 Å². The van der Waals surface area contributed by atoms with Crippen LogP contribution in [0.3, 0.4) is 0 Å². The Bertz CT molecular complexity index is 954. The molecule has 0 bridgehead atoms. The van der Waals surface area contributed by atoms with Gasteiger partial charge in [0.05, 0.1) is 12.0 Å². The molecule has 3 rings (SSSR count). The Balaban J connectivity index is 1.63. The van der Waals surface area contributed by atoms with Crippen molar-refractivity contribution in [3.8, 4) is 5.69 Å². The molecule has 0 unspecified atom stereocenters. The molecule has 0 fully saturated rings. The molecule has 8 heteroatoms. The van der Waals surface area contributed by atoms with Crippen LogP contribution in [0, 0.1) is 13.8 Å². The fourth-order valence-corrected chi connectivity index (χ4v) is 3.46. The highest BCUT2D eigenvalue weighted by atomic mass is 79.9. The molecule has 0 atom stereocenters. The quantitative estimate of drug-likeness (QED) is 0.271. The van der Waals surface area contributed by atoms with Gasteiger partial charge in [0.1, 0.15) is 0 Å². The van der Waals surface area contributed by atoms with Crippen LogP contribution in [-0.2, 0) is 4.79 Å². The van der Waals surface area contributed by atoms with Gasteiger partial charge in [-0.25, -0.2) is 15.4 Å². The van der Waals surface area contributed by atoms with Crippen LogP contribution in [0.4, 0.5) is 0 Å². The molecule has 0 radical (unpaired) electrons. The first-order valence-electron chi connectivity index (χ1n) is 8.21. The number of carbonyl (C=O) groups excluding carboxylic acids is 1. The standard InChI is InChI=1S/C19H18BrN5OS/c1-13-10-15(14(2)25(13)17-6-4-16(20)5-7-17)11-23-24-18(26)12-27-19-21-8-3-9-22-19/h3-11H,12H2,1-2H3,(H,24,26). The van der Waals surface area contributed by atoms with Crippen molar-refractivity contribution in [2.75, 3.05) is 5.75 Å². The zero-order valence-electron chi connectivity index (χ0n) is 14.9. The van der Waals surface area contributed by atoms with E-state index in [1.807, 2.05) is 32.0 Å². The molecule has 1 N–H and O–H groups in total. The number of hydrazone groups is 1. The fourth-order valence-electron chi connectivity index (χ4n) is 2.60. The average molecular weight is 444 g/mol. The molecular formula is C19H18BrN5OS. The van der Waals surface area contributed by atoms with E-state index in [0.29, 0.717) is 5.16 Å². The summed E-state index contributed by atoms with van der Waals surface area (Å²) in [6.45, 7) is 4.07. The lowest BCUT2D eigenvalue weighted by Crippen LogP contribution is -2.19. The van der Waals surface area contributed by atoms with Gasteiger partial charge in [-0.3, -0.25) is 4.79 Å². The number of hydrogen-bond acceptors (Lipinski definition) is 5. The van der Waals surface area contributed by atoms with Crippen LogP contribution in [-0.4, -0.2) is 32.4 Å². The number of aryl methyl sites for hydroxylation is 1. The van der Waals surface area contributed by atoms with Gasteiger partial charge in [0.15, 0.2) is 5.16 Å². The van der Waals surface area contributed by atoms with Gasteiger partial charge in [-0.1, -0.05) is 27.7 Å². The molecular weight excluding hydrogens is 426 g/mol. The van der Waals surface area contributed by atoms with Gasteiger partial charge in [-0.05, 0) is 50.2 Å². The average Bonchev–Trinajstić information content (AvgIpc) is 2.95. The van der Waals surface area contributed by atoms with Gasteiger partial charge in [-0.15, -0.1) is 0 Å². The van der Waals surface area contributed by atoms with Gasteiger partial charge in [-0.2, -0.15) is 5.10 Å². The van der Waals surface area contributed by atoms with Crippen LogP contribution in [0.5, 0.6) is 0 Å². The second kappa shape index (κ2) is 8.96. The summed E-state index contributed by atoms with van der Waals surface area (Å²) in [7, 11) is 0. The fraction of sp³-hybridized carbons (Fsp3) is 0.158. The number of benzene rings is 1. The third kappa shape index (κ3) is 5.05. The molecule has 2 heterocycles. The van der Waals surface area contributed by atoms with Gasteiger partial charge in [0.25, 0.3) is 5.91 Å². The van der Waals surface area contributed by atoms with Gasteiger partial charge in [0, 0.05) is 39.5 Å². The topological polar surface area (TPSA) is 72.2 Å². The zero-order valence-corrected chi connectivity index (χ0v) is 17.3. The summed E-state index contributed by atoms with van der Waals surface area (Å²) in [5.41, 5.74) is 6.73. The highest BCUT2D eigenvalue weighted by molar-refractivity contribution is 9.10. The molecule has 3 aromatic rings. The molecule has 2 aromatic heterocycles. The molecule has 0 spiro atoms. The number of aromatic nitrogens is 3. The maximum absolute atomic E-state index is 11.9. The molecule has 1 amide bonds. The van der Waals surface area contributed by atoms with E-state index in [1.165, 1.54) is 11.8 Å². The van der Waals surface area contributed by atoms with Crippen molar-refractivity contribution < 1.29 is 4.79 Å². The number of rotatable bonds is 6. The second-order valence-electron chi connectivity index (χ2n) is 5.75. The van der Waals surface area contributed by atoms with Crippen molar-refractivity contribution in [1.29, 1.82) is 0 Å². The molecule has 138 valence electrons. The number of carbonyl (C=O) groups is 1. The number of hydrogen-bond donors (Lipinski definition) is 1. The Hall–Kier alpha value is -2.45. The predicted octanol–water partition coefficient (Wildman–Crippen LogP) is 3.89. The number of nitrogens with zero attached hydrogens (tertiary/aromatic N) is 4. The summed E-state index contributed by atoms with van der Waals surface area (Å²) in [5, 5.41) is 4.64. The van der Waals surface area contributed by atoms with Crippen LogP contribution in [0.2, 0.25) is 0 Å². The van der Waals surface area contributed by atoms with E-state index in [9.17, 15) is 4.79 Å². The van der Waals surface area contributed by atoms with E-state index < -0.39 is 0 Å². The van der Waals surface area contributed by atoms with E-state index in [0.717, 1.165) is 27.1 Å². The third-order valence-electron chi connectivity index (χ3n) is 3.82. The molecule has 0 aliphatic rings. The maximum Gasteiger partial charge on any atom is 0.250 e. The normalized spacial score (nSPS) is 11.1. The van der Waals surface area contributed by atoms with Crippen LogP contribution in [0.1, 0.15) is 17.0 Å². The SMILES string of the molecule is Cc1cc(C=NNC(=O)CSc2ncccn2)c(C)n1-c1ccc(Br)cc1. The molecule has 0 saturated heterocycles. The predicted molar refractivity (Wildman–Crippen MR) is 111 cm³/mol. The van der Waals surface area contributed by atoms with Crippen molar-refractivity contribution in [1.82, 2.24) is 20.0 Å². The van der Waals surface area contributed by atoms with Crippen LogP contribution in [0.15, 0.2) is 63.5 Å².